The molecule has 1 saturated heterocycles. The Morgan fingerprint density at radius 2 is 2.06 bits per heavy atom. The first-order valence-electron chi connectivity index (χ1n) is 10.7. The molecule has 0 spiro atoms. The number of hydrogen-bond acceptors (Lipinski definition) is 6. The molecule has 1 aliphatic heterocycles. The van der Waals surface area contributed by atoms with E-state index in [0.29, 0.717) is 30.6 Å². The average Bonchev–Trinajstić information content (AvgIpc) is 3.49. The molecule has 3 aromatic rings. The monoisotopic (exact) mass is 420 g/mol. The number of rotatable bonds is 5. The van der Waals surface area contributed by atoms with Crippen LogP contribution in [0, 0.1) is 0 Å². The number of nitrogens with zero attached hydrogens (tertiary/aromatic N) is 4. The van der Waals surface area contributed by atoms with Gasteiger partial charge in [-0.2, -0.15) is 0 Å². The predicted molar refractivity (Wildman–Crippen MR) is 112 cm³/mol. The highest BCUT2D eigenvalue weighted by molar-refractivity contribution is 5.95. The van der Waals surface area contributed by atoms with Crippen LogP contribution in [0.5, 0.6) is 5.75 Å². The first kappa shape index (κ1) is 19.5. The largest absolute Gasteiger partial charge is 0.485 e. The van der Waals surface area contributed by atoms with E-state index in [0.717, 1.165) is 23.6 Å². The number of ether oxygens (including phenoxy) is 1. The molecule has 0 N–H and O–H groups in total. The maximum atomic E-state index is 12.8. The van der Waals surface area contributed by atoms with Crippen LogP contribution in [0.3, 0.4) is 0 Å². The van der Waals surface area contributed by atoms with Crippen molar-refractivity contribution in [3.8, 4) is 5.75 Å². The van der Waals surface area contributed by atoms with Crippen LogP contribution in [0.4, 0.5) is 0 Å². The third-order valence-corrected chi connectivity index (χ3v) is 6.10. The van der Waals surface area contributed by atoms with Crippen LogP contribution in [0.1, 0.15) is 41.9 Å². The first-order valence-corrected chi connectivity index (χ1v) is 10.7. The van der Waals surface area contributed by atoms with Crippen molar-refractivity contribution in [2.75, 3.05) is 19.6 Å². The van der Waals surface area contributed by atoms with E-state index in [-0.39, 0.29) is 30.7 Å². The van der Waals surface area contributed by atoms with Crippen LogP contribution >= 0.6 is 0 Å². The van der Waals surface area contributed by atoms with E-state index in [2.05, 4.69) is 10.1 Å². The van der Waals surface area contributed by atoms with E-state index >= 15 is 0 Å². The molecule has 8 heteroatoms. The minimum absolute atomic E-state index is 0.0176. The molecule has 0 radical (unpaired) electrons. The molecule has 0 unspecified atom stereocenters. The van der Waals surface area contributed by atoms with E-state index in [1.165, 1.54) is 12.8 Å². The summed E-state index contributed by atoms with van der Waals surface area (Å²) in [4.78, 5) is 33.0. The van der Waals surface area contributed by atoms with Gasteiger partial charge in [-0.15, -0.1) is 0 Å². The van der Waals surface area contributed by atoms with Gasteiger partial charge in [-0.25, -0.2) is 0 Å². The van der Waals surface area contributed by atoms with Gasteiger partial charge in [-0.05, 0) is 25.0 Å². The molecule has 2 aliphatic rings. The van der Waals surface area contributed by atoms with Gasteiger partial charge in [0.15, 0.2) is 11.5 Å². The Bertz CT molecular complexity index is 1100. The number of piperazine rings is 1. The lowest BCUT2D eigenvalue weighted by Crippen LogP contribution is -2.54. The van der Waals surface area contributed by atoms with Crippen LogP contribution in [0.15, 0.2) is 47.2 Å². The molecule has 8 nitrogen and oxygen atoms in total. The van der Waals surface area contributed by atoms with Crippen molar-refractivity contribution >= 4 is 22.6 Å². The predicted octanol–water partition coefficient (Wildman–Crippen LogP) is 3.03. The highest BCUT2D eigenvalue weighted by atomic mass is 16.5. The van der Waals surface area contributed by atoms with E-state index in [1.54, 1.807) is 23.4 Å². The summed E-state index contributed by atoms with van der Waals surface area (Å²) in [5.74, 6) is 0.887. The van der Waals surface area contributed by atoms with Crippen LogP contribution in [-0.4, -0.2) is 57.4 Å². The standard InChI is InChI=1S/C23H24N4O4/c28-22-14-26(10-11-27(22)17-5-1-2-6-17)23(29)20-12-18(31-25-20)15-30-21-7-3-4-16-13-24-9-8-19(16)21/h3-4,7-9,12-13,17H,1-2,5-6,10-11,14-15H2. The van der Waals surface area contributed by atoms with Crippen molar-refractivity contribution in [2.24, 2.45) is 0 Å². The van der Waals surface area contributed by atoms with Gasteiger partial charge in [0.05, 0.1) is 0 Å². The van der Waals surface area contributed by atoms with Gasteiger partial charge in [0.2, 0.25) is 5.91 Å². The van der Waals surface area contributed by atoms with Crippen LogP contribution in [0.2, 0.25) is 0 Å². The lowest BCUT2D eigenvalue weighted by molar-refractivity contribution is -0.137. The molecule has 1 saturated carbocycles. The number of amides is 2. The molecule has 2 amide bonds. The number of aromatic nitrogens is 2. The fourth-order valence-corrected chi connectivity index (χ4v) is 4.47. The maximum absolute atomic E-state index is 12.8. The molecule has 160 valence electrons. The summed E-state index contributed by atoms with van der Waals surface area (Å²) in [5, 5.41) is 5.84. The SMILES string of the molecule is O=C(c1cc(COc2cccc3cnccc23)on1)N1CCN(C2CCCC2)C(=O)C1. The van der Waals surface area contributed by atoms with Crippen LogP contribution < -0.4 is 4.74 Å². The number of pyridine rings is 1. The summed E-state index contributed by atoms with van der Waals surface area (Å²) in [7, 11) is 0. The minimum atomic E-state index is -0.286. The molecule has 31 heavy (non-hydrogen) atoms. The second-order valence-electron chi connectivity index (χ2n) is 8.07. The smallest absolute Gasteiger partial charge is 0.276 e. The maximum Gasteiger partial charge on any atom is 0.276 e. The fraction of sp³-hybridized carbons (Fsp3) is 0.391. The van der Waals surface area contributed by atoms with Crippen LogP contribution in [-0.2, 0) is 11.4 Å². The number of carbonyl (C=O) groups is 2. The van der Waals surface area contributed by atoms with Gasteiger partial charge in [0.25, 0.3) is 5.91 Å². The van der Waals surface area contributed by atoms with Crippen molar-refractivity contribution in [1.29, 1.82) is 0 Å². The number of hydrogen-bond donors (Lipinski definition) is 0. The quantitative estimate of drug-likeness (QED) is 0.630. The topological polar surface area (TPSA) is 88.8 Å². The van der Waals surface area contributed by atoms with Gasteiger partial charge in [-0.3, -0.25) is 14.6 Å². The summed E-state index contributed by atoms with van der Waals surface area (Å²) >= 11 is 0. The van der Waals surface area contributed by atoms with Gasteiger partial charge in [-0.1, -0.05) is 30.1 Å². The van der Waals surface area contributed by atoms with E-state index in [1.807, 2.05) is 29.2 Å². The normalized spacial score (nSPS) is 17.5. The van der Waals surface area contributed by atoms with Gasteiger partial charge in [0.1, 0.15) is 18.9 Å². The lowest BCUT2D eigenvalue weighted by atomic mass is 10.1. The Morgan fingerprint density at radius 3 is 2.90 bits per heavy atom. The molecular weight excluding hydrogens is 396 g/mol. The fourth-order valence-electron chi connectivity index (χ4n) is 4.47. The van der Waals surface area contributed by atoms with E-state index in [4.69, 9.17) is 9.26 Å². The Hall–Kier alpha value is -3.42. The zero-order valence-electron chi connectivity index (χ0n) is 17.2. The van der Waals surface area contributed by atoms with Gasteiger partial charge >= 0.3 is 0 Å². The van der Waals surface area contributed by atoms with Gasteiger partial charge in [0, 0.05) is 48.4 Å². The highest BCUT2D eigenvalue weighted by Crippen LogP contribution is 2.26. The van der Waals surface area contributed by atoms with E-state index < -0.39 is 0 Å². The number of carbonyl (C=O) groups excluding carboxylic acids is 2. The first-order chi connectivity index (χ1) is 15.2. The zero-order chi connectivity index (χ0) is 21.2. The summed E-state index contributed by atoms with van der Waals surface area (Å²) in [5.41, 5.74) is 0.197. The Morgan fingerprint density at radius 1 is 1.19 bits per heavy atom. The Kier molecular flexibility index (Phi) is 5.28. The van der Waals surface area contributed by atoms with Crippen LogP contribution in [0.25, 0.3) is 10.8 Å². The minimum Gasteiger partial charge on any atom is -0.485 e. The summed E-state index contributed by atoms with van der Waals surface area (Å²) in [6.07, 6.45) is 7.99. The summed E-state index contributed by atoms with van der Waals surface area (Å²) < 4.78 is 11.2. The third-order valence-electron chi connectivity index (χ3n) is 6.10. The summed E-state index contributed by atoms with van der Waals surface area (Å²) in [6.45, 7) is 1.34. The van der Waals surface area contributed by atoms with Crippen molar-refractivity contribution in [1.82, 2.24) is 19.9 Å². The van der Waals surface area contributed by atoms with Crippen molar-refractivity contribution in [3.63, 3.8) is 0 Å². The van der Waals surface area contributed by atoms with Crippen molar-refractivity contribution in [2.45, 2.75) is 38.3 Å². The summed E-state index contributed by atoms with van der Waals surface area (Å²) in [6, 6.07) is 9.56. The molecule has 2 aromatic heterocycles. The number of fused-ring (bicyclic) bond motifs is 1. The van der Waals surface area contributed by atoms with Gasteiger partial charge < -0.3 is 19.1 Å². The number of benzene rings is 1. The molecule has 5 rings (SSSR count). The van der Waals surface area contributed by atoms with E-state index in [9.17, 15) is 9.59 Å². The second kappa shape index (κ2) is 8.37. The highest BCUT2D eigenvalue weighted by Gasteiger charge is 2.33. The van der Waals surface area contributed by atoms with Crippen molar-refractivity contribution < 1.29 is 18.8 Å². The molecule has 3 heterocycles. The third kappa shape index (κ3) is 3.97. The Labute approximate surface area is 179 Å². The molecular formula is C23H24N4O4. The zero-order valence-corrected chi connectivity index (χ0v) is 17.2. The average molecular weight is 420 g/mol. The lowest BCUT2D eigenvalue weighted by Gasteiger charge is -2.37. The molecule has 0 bridgehead atoms. The van der Waals surface area contributed by atoms with Crippen molar-refractivity contribution in [3.05, 3.63) is 54.2 Å². The molecule has 2 fully saturated rings. The second-order valence-corrected chi connectivity index (χ2v) is 8.07. The Balaban J connectivity index is 1.21. The molecule has 1 aliphatic carbocycles. The molecule has 1 aromatic carbocycles. The molecule has 0 atom stereocenters.